The molecule has 0 N–H and O–H groups in total. The molecule has 3 fully saturated rings. The smallest absolute Gasteiger partial charge is 0.0596 e. The number of piperazine rings is 1. The van der Waals surface area contributed by atoms with Gasteiger partial charge in [0.05, 0.1) is 12.7 Å². The maximum atomic E-state index is 5.66. The molecule has 0 radical (unpaired) electrons. The molecular formula is C15H28IN3O. The molecule has 2 bridgehead atoms. The van der Waals surface area contributed by atoms with Crippen molar-refractivity contribution in [2.45, 2.75) is 57.3 Å². The van der Waals surface area contributed by atoms with Crippen LogP contribution in [-0.4, -0.2) is 76.5 Å². The van der Waals surface area contributed by atoms with E-state index in [9.17, 15) is 0 Å². The Hall–Kier alpha value is 0.570. The lowest BCUT2D eigenvalue weighted by Crippen LogP contribution is -2.51. The minimum Gasteiger partial charge on any atom is -0.377 e. The summed E-state index contributed by atoms with van der Waals surface area (Å²) in [5.41, 5.74) is 0. The molecule has 20 heavy (non-hydrogen) atoms. The second-order valence-corrected chi connectivity index (χ2v) is 8.05. The van der Waals surface area contributed by atoms with Gasteiger partial charge in [-0.2, -0.15) is 0 Å². The van der Waals surface area contributed by atoms with Crippen molar-refractivity contribution in [1.82, 2.24) is 12.9 Å². The van der Waals surface area contributed by atoms with Gasteiger partial charge in [-0.25, -0.2) is 3.11 Å². The van der Waals surface area contributed by atoms with Crippen LogP contribution in [0.1, 0.15) is 33.1 Å². The van der Waals surface area contributed by atoms with E-state index in [0.717, 1.165) is 31.3 Å². The lowest BCUT2D eigenvalue weighted by atomic mass is 10.0. The zero-order valence-electron chi connectivity index (χ0n) is 12.8. The average molecular weight is 393 g/mol. The van der Waals surface area contributed by atoms with Gasteiger partial charge in [0.2, 0.25) is 0 Å². The second-order valence-electron chi connectivity index (χ2n) is 6.81. The number of likely N-dealkylation sites (tertiary alicyclic amines) is 2. The summed E-state index contributed by atoms with van der Waals surface area (Å²) in [6.45, 7) is 11.3. The summed E-state index contributed by atoms with van der Waals surface area (Å²) in [4.78, 5) is 5.40. The molecule has 0 amide bonds. The zero-order valence-corrected chi connectivity index (χ0v) is 15.0. The van der Waals surface area contributed by atoms with Crippen LogP contribution in [0, 0.1) is 0 Å². The van der Waals surface area contributed by atoms with Crippen LogP contribution in [0.4, 0.5) is 0 Å². The number of piperidine rings is 1. The SMILES string of the molecule is CC(C)OCCN1CCC(N2C[C@@H]3C[C@H]2CN3I)CC1. The Morgan fingerprint density at radius 2 is 1.85 bits per heavy atom. The van der Waals surface area contributed by atoms with E-state index in [0.29, 0.717) is 6.10 Å². The number of hydrogen-bond acceptors (Lipinski definition) is 4. The van der Waals surface area contributed by atoms with Crippen molar-refractivity contribution in [3.05, 3.63) is 0 Å². The number of halogens is 1. The first-order valence-corrected chi connectivity index (χ1v) is 9.12. The largest absolute Gasteiger partial charge is 0.377 e. The van der Waals surface area contributed by atoms with Gasteiger partial charge in [0.25, 0.3) is 0 Å². The van der Waals surface area contributed by atoms with Crippen LogP contribution >= 0.6 is 22.9 Å². The molecule has 0 aliphatic carbocycles. The first kappa shape index (κ1) is 15.5. The summed E-state index contributed by atoms with van der Waals surface area (Å²) in [6.07, 6.45) is 4.48. The van der Waals surface area contributed by atoms with E-state index in [2.05, 4.69) is 49.6 Å². The van der Waals surface area contributed by atoms with E-state index in [4.69, 9.17) is 4.74 Å². The molecule has 0 unspecified atom stereocenters. The molecule has 5 heteroatoms. The van der Waals surface area contributed by atoms with Gasteiger partial charge >= 0.3 is 0 Å². The second kappa shape index (κ2) is 6.77. The zero-order chi connectivity index (χ0) is 14.1. The van der Waals surface area contributed by atoms with Gasteiger partial charge in [-0.1, -0.05) is 0 Å². The third-order valence-electron chi connectivity index (χ3n) is 5.10. The number of fused-ring (bicyclic) bond motifs is 2. The van der Waals surface area contributed by atoms with Crippen LogP contribution in [0.15, 0.2) is 0 Å². The molecule has 2 atom stereocenters. The molecule has 0 spiro atoms. The number of rotatable bonds is 5. The lowest BCUT2D eigenvalue weighted by molar-refractivity contribution is 0.0378. The van der Waals surface area contributed by atoms with E-state index < -0.39 is 0 Å². The summed E-state index contributed by atoms with van der Waals surface area (Å²) < 4.78 is 8.19. The van der Waals surface area contributed by atoms with Crippen molar-refractivity contribution < 1.29 is 4.74 Å². The molecule has 3 heterocycles. The Balaban J connectivity index is 1.39. The van der Waals surface area contributed by atoms with Crippen LogP contribution in [0.25, 0.3) is 0 Å². The van der Waals surface area contributed by atoms with Gasteiger partial charge in [0.1, 0.15) is 0 Å². The standard InChI is InChI=1S/C15H28IN3O/c1-12(2)20-8-7-17-5-3-13(4-6-17)18-10-15-9-14(18)11-19(15)16/h12-15H,3-11H2,1-2H3/t14-,15-/m0/s1. The van der Waals surface area contributed by atoms with Gasteiger partial charge in [-0.05, 0) is 46.2 Å². The maximum Gasteiger partial charge on any atom is 0.0596 e. The molecule has 0 saturated carbocycles. The van der Waals surface area contributed by atoms with Gasteiger partial charge in [-0.3, -0.25) is 4.90 Å². The Morgan fingerprint density at radius 1 is 1.10 bits per heavy atom. The van der Waals surface area contributed by atoms with E-state index >= 15 is 0 Å². The third-order valence-corrected chi connectivity index (χ3v) is 6.28. The van der Waals surface area contributed by atoms with Gasteiger partial charge in [0, 0.05) is 60.6 Å². The Labute approximate surface area is 137 Å². The van der Waals surface area contributed by atoms with Crippen molar-refractivity contribution in [3.63, 3.8) is 0 Å². The minimum absolute atomic E-state index is 0.365. The monoisotopic (exact) mass is 393 g/mol. The fourth-order valence-electron chi connectivity index (χ4n) is 3.99. The van der Waals surface area contributed by atoms with Crippen LogP contribution in [0.2, 0.25) is 0 Å². The molecular weight excluding hydrogens is 365 g/mol. The van der Waals surface area contributed by atoms with E-state index in [1.165, 1.54) is 45.4 Å². The maximum absolute atomic E-state index is 5.66. The van der Waals surface area contributed by atoms with Crippen molar-refractivity contribution in [2.75, 3.05) is 39.3 Å². The fraction of sp³-hybridized carbons (Fsp3) is 1.00. The molecule has 3 aliphatic heterocycles. The normalized spacial score (nSPS) is 33.6. The lowest BCUT2D eigenvalue weighted by Gasteiger charge is -2.41. The van der Waals surface area contributed by atoms with Crippen LogP contribution in [0.5, 0.6) is 0 Å². The van der Waals surface area contributed by atoms with Gasteiger partial charge in [-0.15, -0.1) is 0 Å². The quantitative estimate of drug-likeness (QED) is 0.525. The Morgan fingerprint density at radius 3 is 2.40 bits per heavy atom. The first-order chi connectivity index (χ1) is 9.63. The molecule has 4 nitrogen and oxygen atoms in total. The van der Waals surface area contributed by atoms with E-state index in [1.54, 1.807) is 0 Å². The van der Waals surface area contributed by atoms with Gasteiger partial charge in [0.15, 0.2) is 0 Å². The molecule has 116 valence electrons. The third kappa shape index (κ3) is 3.48. The average Bonchev–Trinajstić information content (AvgIpc) is 2.98. The van der Waals surface area contributed by atoms with Crippen molar-refractivity contribution in [2.24, 2.45) is 0 Å². The predicted octanol–water partition coefficient (Wildman–Crippen LogP) is 1.98. The van der Waals surface area contributed by atoms with Crippen molar-refractivity contribution >= 4 is 22.9 Å². The van der Waals surface area contributed by atoms with E-state index in [1.807, 2.05) is 0 Å². The Kier molecular flexibility index (Phi) is 5.24. The number of nitrogens with zero attached hydrogens (tertiary/aromatic N) is 3. The molecule has 3 aliphatic rings. The van der Waals surface area contributed by atoms with Crippen molar-refractivity contribution in [1.29, 1.82) is 0 Å². The summed E-state index contributed by atoms with van der Waals surface area (Å²) in [7, 11) is 0. The molecule has 3 saturated heterocycles. The summed E-state index contributed by atoms with van der Waals surface area (Å²) in [5.74, 6) is 0. The summed E-state index contributed by atoms with van der Waals surface area (Å²) in [5, 5.41) is 0. The predicted molar refractivity (Wildman–Crippen MR) is 90.2 cm³/mol. The van der Waals surface area contributed by atoms with Crippen molar-refractivity contribution in [3.8, 4) is 0 Å². The number of ether oxygens (including phenoxy) is 1. The fourth-order valence-corrected chi connectivity index (χ4v) is 4.85. The molecule has 0 aromatic rings. The highest BCUT2D eigenvalue weighted by Crippen LogP contribution is 2.36. The van der Waals surface area contributed by atoms with Crippen LogP contribution in [0.3, 0.4) is 0 Å². The topological polar surface area (TPSA) is 19.0 Å². The van der Waals surface area contributed by atoms with Gasteiger partial charge < -0.3 is 9.64 Å². The highest BCUT2D eigenvalue weighted by atomic mass is 127. The molecule has 3 rings (SSSR count). The summed E-state index contributed by atoms with van der Waals surface area (Å²) >= 11 is 2.51. The molecule has 0 aromatic heterocycles. The highest BCUT2D eigenvalue weighted by molar-refractivity contribution is 14.1. The summed E-state index contributed by atoms with van der Waals surface area (Å²) in [6, 6.07) is 2.52. The number of hydrogen-bond donors (Lipinski definition) is 0. The van der Waals surface area contributed by atoms with E-state index in [-0.39, 0.29) is 0 Å². The molecule has 0 aromatic carbocycles. The minimum atomic E-state index is 0.365. The highest BCUT2D eigenvalue weighted by Gasteiger charge is 2.45. The van der Waals surface area contributed by atoms with Crippen LogP contribution < -0.4 is 0 Å². The first-order valence-electron chi connectivity index (χ1n) is 8.15. The van der Waals surface area contributed by atoms with Crippen LogP contribution in [-0.2, 0) is 4.74 Å². The Bertz CT molecular complexity index is 318.